The molecule has 3 heteroatoms. The van der Waals surface area contributed by atoms with E-state index in [-0.39, 0.29) is 11.4 Å². The summed E-state index contributed by atoms with van der Waals surface area (Å²) in [5.74, 6) is 1.05. The number of esters is 1. The standard InChI is InChI=1S/C13H22O3/c1-13(12(14)15-2,7-10-8-16-9-10)11-5-3-4-6-11/h10-11H,3-9H2,1-2H3. The van der Waals surface area contributed by atoms with Gasteiger partial charge in [-0.05, 0) is 32.1 Å². The molecule has 1 saturated heterocycles. The van der Waals surface area contributed by atoms with Gasteiger partial charge in [0.05, 0.1) is 25.7 Å². The summed E-state index contributed by atoms with van der Waals surface area (Å²) >= 11 is 0. The number of hydrogen-bond acceptors (Lipinski definition) is 3. The molecule has 1 aliphatic heterocycles. The first-order valence-electron chi connectivity index (χ1n) is 6.33. The lowest BCUT2D eigenvalue weighted by Gasteiger charge is -2.38. The van der Waals surface area contributed by atoms with Gasteiger partial charge in [0, 0.05) is 5.92 Å². The smallest absolute Gasteiger partial charge is 0.311 e. The predicted octanol–water partition coefficient (Wildman–Crippen LogP) is 2.39. The average Bonchev–Trinajstić information content (AvgIpc) is 2.75. The molecule has 0 aromatic heterocycles. The molecule has 0 aromatic carbocycles. The van der Waals surface area contributed by atoms with E-state index in [1.54, 1.807) is 0 Å². The largest absolute Gasteiger partial charge is 0.469 e. The lowest BCUT2D eigenvalue weighted by atomic mass is 9.70. The minimum Gasteiger partial charge on any atom is -0.469 e. The van der Waals surface area contributed by atoms with Crippen molar-refractivity contribution in [3.8, 4) is 0 Å². The third-order valence-electron chi connectivity index (χ3n) is 4.33. The van der Waals surface area contributed by atoms with E-state index in [4.69, 9.17) is 9.47 Å². The van der Waals surface area contributed by atoms with Gasteiger partial charge >= 0.3 is 5.97 Å². The van der Waals surface area contributed by atoms with Gasteiger partial charge in [-0.2, -0.15) is 0 Å². The van der Waals surface area contributed by atoms with Crippen LogP contribution in [0.2, 0.25) is 0 Å². The van der Waals surface area contributed by atoms with Crippen molar-refractivity contribution < 1.29 is 14.3 Å². The van der Waals surface area contributed by atoms with Gasteiger partial charge in [0.1, 0.15) is 0 Å². The van der Waals surface area contributed by atoms with Crippen LogP contribution in [-0.4, -0.2) is 26.3 Å². The van der Waals surface area contributed by atoms with Crippen molar-refractivity contribution in [2.24, 2.45) is 17.3 Å². The van der Waals surface area contributed by atoms with Crippen LogP contribution in [0, 0.1) is 17.3 Å². The topological polar surface area (TPSA) is 35.5 Å². The maximum atomic E-state index is 12.0. The molecular weight excluding hydrogens is 204 g/mol. The number of methoxy groups -OCH3 is 1. The molecule has 0 aromatic rings. The molecular formula is C13H22O3. The maximum absolute atomic E-state index is 12.0. The number of carbonyl (C=O) groups excluding carboxylic acids is 1. The van der Waals surface area contributed by atoms with Crippen molar-refractivity contribution in [1.29, 1.82) is 0 Å². The van der Waals surface area contributed by atoms with Gasteiger partial charge in [-0.25, -0.2) is 0 Å². The summed E-state index contributed by atoms with van der Waals surface area (Å²) in [6, 6.07) is 0. The predicted molar refractivity (Wildman–Crippen MR) is 61.0 cm³/mol. The Bertz CT molecular complexity index is 254. The normalized spacial score (nSPS) is 26.1. The molecule has 3 nitrogen and oxygen atoms in total. The third-order valence-corrected chi connectivity index (χ3v) is 4.33. The number of rotatable bonds is 4. The molecule has 0 bridgehead atoms. The van der Waals surface area contributed by atoms with Crippen LogP contribution in [0.1, 0.15) is 39.0 Å². The third kappa shape index (κ3) is 2.10. The summed E-state index contributed by atoms with van der Waals surface area (Å²) in [6.07, 6.45) is 5.82. The first-order chi connectivity index (χ1) is 7.66. The monoisotopic (exact) mass is 226 g/mol. The van der Waals surface area contributed by atoms with Crippen LogP contribution >= 0.6 is 0 Å². The van der Waals surface area contributed by atoms with E-state index in [2.05, 4.69) is 6.92 Å². The fraction of sp³-hybridized carbons (Fsp3) is 0.923. The van der Waals surface area contributed by atoms with Gasteiger partial charge in [-0.15, -0.1) is 0 Å². The van der Waals surface area contributed by atoms with Crippen LogP contribution in [0.4, 0.5) is 0 Å². The molecule has 2 aliphatic rings. The average molecular weight is 226 g/mol. The van der Waals surface area contributed by atoms with Gasteiger partial charge in [0.25, 0.3) is 0 Å². The summed E-state index contributed by atoms with van der Waals surface area (Å²) in [5, 5.41) is 0. The molecule has 2 rings (SSSR count). The van der Waals surface area contributed by atoms with Crippen LogP contribution in [0.5, 0.6) is 0 Å². The van der Waals surface area contributed by atoms with E-state index in [1.807, 2.05) is 0 Å². The minimum atomic E-state index is -0.278. The fourth-order valence-corrected chi connectivity index (χ4v) is 3.21. The number of hydrogen-bond donors (Lipinski definition) is 0. The molecule has 1 saturated carbocycles. The molecule has 1 unspecified atom stereocenters. The highest BCUT2D eigenvalue weighted by Crippen LogP contribution is 2.45. The fourth-order valence-electron chi connectivity index (χ4n) is 3.21. The Hall–Kier alpha value is -0.570. The Morgan fingerprint density at radius 2 is 2.00 bits per heavy atom. The Balaban J connectivity index is 2.06. The van der Waals surface area contributed by atoms with Gasteiger partial charge in [-0.3, -0.25) is 4.79 Å². The highest BCUT2D eigenvalue weighted by Gasteiger charge is 2.45. The summed E-state index contributed by atoms with van der Waals surface area (Å²) in [7, 11) is 1.51. The maximum Gasteiger partial charge on any atom is 0.311 e. The quantitative estimate of drug-likeness (QED) is 0.690. The molecule has 1 heterocycles. The molecule has 0 spiro atoms. The second kappa shape index (κ2) is 4.74. The molecule has 1 aliphatic carbocycles. The molecule has 2 fully saturated rings. The lowest BCUT2D eigenvalue weighted by molar-refractivity contribution is -0.160. The molecule has 0 radical (unpaired) electrons. The van der Waals surface area contributed by atoms with Gasteiger partial charge in [0.15, 0.2) is 0 Å². The second-order valence-electron chi connectivity index (χ2n) is 5.50. The van der Waals surface area contributed by atoms with Gasteiger partial charge in [-0.1, -0.05) is 12.8 Å². The summed E-state index contributed by atoms with van der Waals surface area (Å²) in [5.41, 5.74) is -0.278. The van der Waals surface area contributed by atoms with Gasteiger partial charge < -0.3 is 9.47 Å². The highest BCUT2D eigenvalue weighted by molar-refractivity contribution is 5.76. The van der Waals surface area contributed by atoms with Gasteiger partial charge in [0.2, 0.25) is 0 Å². The van der Waals surface area contributed by atoms with Crippen molar-refractivity contribution in [2.75, 3.05) is 20.3 Å². The highest BCUT2D eigenvalue weighted by atomic mass is 16.5. The van der Waals surface area contributed by atoms with Crippen LogP contribution in [0.15, 0.2) is 0 Å². The van der Waals surface area contributed by atoms with Crippen LogP contribution in [-0.2, 0) is 14.3 Å². The zero-order valence-corrected chi connectivity index (χ0v) is 10.3. The zero-order chi connectivity index (χ0) is 11.6. The van der Waals surface area contributed by atoms with Crippen LogP contribution in [0.25, 0.3) is 0 Å². The van der Waals surface area contributed by atoms with Crippen molar-refractivity contribution in [3.63, 3.8) is 0 Å². The summed E-state index contributed by atoms with van der Waals surface area (Å²) in [4.78, 5) is 12.0. The summed E-state index contributed by atoms with van der Waals surface area (Å²) in [6.45, 7) is 3.73. The zero-order valence-electron chi connectivity index (χ0n) is 10.3. The number of carbonyl (C=O) groups is 1. The first kappa shape index (κ1) is 11.9. The van der Waals surface area contributed by atoms with E-state index in [0.717, 1.165) is 19.6 Å². The van der Waals surface area contributed by atoms with E-state index in [0.29, 0.717) is 11.8 Å². The number of ether oxygens (including phenoxy) is 2. The minimum absolute atomic E-state index is 0.0219. The molecule has 0 N–H and O–H groups in total. The Morgan fingerprint density at radius 1 is 1.38 bits per heavy atom. The van der Waals surface area contributed by atoms with Crippen LogP contribution in [0.3, 0.4) is 0 Å². The van der Waals surface area contributed by atoms with Crippen molar-refractivity contribution in [3.05, 3.63) is 0 Å². The first-order valence-corrected chi connectivity index (χ1v) is 6.33. The molecule has 0 amide bonds. The van der Waals surface area contributed by atoms with Crippen molar-refractivity contribution >= 4 is 5.97 Å². The van der Waals surface area contributed by atoms with Crippen molar-refractivity contribution in [1.82, 2.24) is 0 Å². The molecule has 92 valence electrons. The Morgan fingerprint density at radius 3 is 2.44 bits per heavy atom. The SMILES string of the molecule is COC(=O)C(C)(CC1COC1)C1CCCC1. The van der Waals surface area contributed by atoms with Crippen LogP contribution < -0.4 is 0 Å². The summed E-state index contributed by atoms with van der Waals surface area (Å²) < 4.78 is 10.2. The van der Waals surface area contributed by atoms with E-state index >= 15 is 0 Å². The lowest BCUT2D eigenvalue weighted by Crippen LogP contribution is -2.42. The van der Waals surface area contributed by atoms with Crippen molar-refractivity contribution in [2.45, 2.75) is 39.0 Å². The second-order valence-corrected chi connectivity index (χ2v) is 5.50. The Labute approximate surface area is 97.5 Å². The van der Waals surface area contributed by atoms with E-state index in [9.17, 15) is 4.79 Å². The van der Waals surface area contributed by atoms with E-state index in [1.165, 1.54) is 32.8 Å². The van der Waals surface area contributed by atoms with E-state index < -0.39 is 0 Å². The molecule has 1 atom stereocenters. The Kier molecular flexibility index (Phi) is 3.53. The molecule has 16 heavy (non-hydrogen) atoms.